The molecule has 5 aromatic rings. The molecule has 1 aromatic heterocycles. The maximum atomic E-state index is 14.2. The maximum Gasteiger partial charge on any atom is 0.305 e. The predicted octanol–water partition coefficient (Wildman–Crippen LogP) is 9.25. The van der Waals surface area contributed by atoms with Crippen LogP contribution in [0, 0.1) is 24.6 Å². The third-order valence-corrected chi connectivity index (χ3v) is 15.6. The molecule has 5 rings (SSSR count). The van der Waals surface area contributed by atoms with Crippen LogP contribution in [0.3, 0.4) is 0 Å². The number of carboxylic acids is 1. The number of hydrogen-bond donors (Lipinski definition) is 1. The van der Waals surface area contributed by atoms with Gasteiger partial charge in [0.25, 0.3) is 8.32 Å². The second kappa shape index (κ2) is 17.5. The number of carboxylic acid groups (broad SMARTS) is 1. The van der Waals surface area contributed by atoms with Gasteiger partial charge in [0.2, 0.25) is 0 Å². The Labute approximate surface area is 314 Å². The summed E-state index contributed by atoms with van der Waals surface area (Å²) in [5, 5.41) is 11.6. The molecule has 0 saturated carbocycles. The summed E-state index contributed by atoms with van der Waals surface area (Å²) >= 11 is 0. The number of aromatic nitrogens is 1. The van der Waals surface area contributed by atoms with Crippen LogP contribution in [0.5, 0.6) is 0 Å². The average Bonchev–Trinajstić information content (AvgIpc) is 3.12. The van der Waals surface area contributed by atoms with E-state index >= 15 is 0 Å². The number of pyridine rings is 1. The van der Waals surface area contributed by atoms with E-state index in [0.29, 0.717) is 5.56 Å². The van der Waals surface area contributed by atoms with Gasteiger partial charge in [-0.2, -0.15) is 0 Å². The first kappa shape index (κ1) is 39.6. The van der Waals surface area contributed by atoms with E-state index in [9.17, 15) is 18.9 Å². The zero-order chi connectivity index (χ0) is 38.2. The highest BCUT2D eigenvalue weighted by Crippen LogP contribution is 2.39. The standard InChI is InChI=1S/C44H47FNO5PSi/c1-31(2)43-39(40(38-25-24-34(45)27-32(38)3)29-41(46-43)33-17-10-7-11-18-33)23-16-26-50-52(49)30-35(28-42(47)48)51-53(44(4,5)6,36-19-12-8-13-20-36)37-21-14-9-15-22-37/h7-15,17-22,24-25,27,29,31,35,52H,26,28,30H2,1-6H3,(H,47,48). The van der Waals surface area contributed by atoms with Gasteiger partial charge in [0, 0.05) is 17.3 Å². The Morgan fingerprint density at radius 1 is 0.887 bits per heavy atom. The van der Waals surface area contributed by atoms with Gasteiger partial charge in [-0.1, -0.05) is 144 Å². The summed E-state index contributed by atoms with van der Waals surface area (Å²) in [6.45, 7) is 12.2. The van der Waals surface area contributed by atoms with Crippen molar-refractivity contribution in [2.75, 3.05) is 12.8 Å². The molecule has 274 valence electrons. The summed E-state index contributed by atoms with van der Waals surface area (Å²) < 4.78 is 40.6. The highest BCUT2D eigenvalue weighted by molar-refractivity contribution is 7.39. The van der Waals surface area contributed by atoms with Crippen LogP contribution in [0.1, 0.15) is 63.8 Å². The van der Waals surface area contributed by atoms with Crippen molar-refractivity contribution in [1.29, 1.82) is 0 Å². The Morgan fingerprint density at radius 3 is 2.00 bits per heavy atom. The largest absolute Gasteiger partial charge is 0.481 e. The molecular weight excluding hydrogens is 701 g/mol. The van der Waals surface area contributed by atoms with Gasteiger partial charge in [-0.25, -0.2) is 4.39 Å². The molecule has 0 aliphatic heterocycles. The first-order valence-corrected chi connectivity index (χ1v) is 21.3. The van der Waals surface area contributed by atoms with Crippen LogP contribution in [0.2, 0.25) is 5.04 Å². The summed E-state index contributed by atoms with van der Waals surface area (Å²) in [6.07, 6.45) is -1.27. The molecule has 1 heterocycles. The fourth-order valence-electron chi connectivity index (χ4n) is 6.79. The molecule has 9 heteroatoms. The van der Waals surface area contributed by atoms with Gasteiger partial charge in [-0.3, -0.25) is 14.3 Å². The lowest BCUT2D eigenvalue weighted by molar-refractivity contribution is -0.138. The molecule has 0 aliphatic rings. The van der Waals surface area contributed by atoms with Crippen molar-refractivity contribution in [2.24, 2.45) is 0 Å². The molecule has 0 spiro atoms. The molecular formula is C44H47FNO5PSi. The third kappa shape index (κ3) is 9.48. The lowest BCUT2D eigenvalue weighted by Crippen LogP contribution is -2.68. The lowest BCUT2D eigenvalue weighted by Gasteiger charge is -2.45. The van der Waals surface area contributed by atoms with Crippen molar-refractivity contribution in [1.82, 2.24) is 4.98 Å². The van der Waals surface area contributed by atoms with Crippen molar-refractivity contribution in [3.63, 3.8) is 0 Å². The summed E-state index contributed by atoms with van der Waals surface area (Å²) in [6, 6.07) is 36.4. The second-order valence-electron chi connectivity index (χ2n) is 14.5. The van der Waals surface area contributed by atoms with E-state index < -0.39 is 33.5 Å². The Balaban J connectivity index is 1.45. The van der Waals surface area contributed by atoms with Crippen LogP contribution in [-0.2, 0) is 18.3 Å². The third-order valence-electron chi connectivity index (χ3n) is 9.22. The van der Waals surface area contributed by atoms with Gasteiger partial charge in [0.15, 0.2) is 8.03 Å². The normalized spacial score (nSPS) is 12.9. The zero-order valence-corrected chi connectivity index (χ0v) is 33.2. The van der Waals surface area contributed by atoms with Crippen molar-refractivity contribution in [3.8, 4) is 34.2 Å². The molecule has 0 saturated heterocycles. The molecule has 0 fully saturated rings. The Bertz CT molecular complexity index is 2070. The molecule has 0 amide bonds. The minimum absolute atomic E-state index is 0.0120. The summed E-state index contributed by atoms with van der Waals surface area (Å²) in [5.74, 6) is 4.96. The van der Waals surface area contributed by atoms with E-state index in [1.165, 1.54) is 12.1 Å². The summed E-state index contributed by atoms with van der Waals surface area (Å²) in [7, 11) is -5.91. The van der Waals surface area contributed by atoms with E-state index in [1.54, 1.807) is 6.07 Å². The van der Waals surface area contributed by atoms with Crippen LogP contribution >= 0.6 is 8.03 Å². The highest BCUT2D eigenvalue weighted by atomic mass is 31.1. The number of aliphatic carboxylic acids is 1. The Hall–Kier alpha value is -4.64. The molecule has 2 unspecified atom stereocenters. The van der Waals surface area contributed by atoms with Crippen molar-refractivity contribution < 1.29 is 27.8 Å². The topological polar surface area (TPSA) is 85.7 Å². The average molecular weight is 748 g/mol. The monoisotopic (exact) mass is 747 g/mol. The first-order valence-electron chi connectivity index (χ1n) is 17.8. The van der Waals surface area contributed by atoms with E-state index in [1.807, 2.05) is 118 Å². The molecule has 6 nitrogen and oxygen atoms in total. The van der Waals surface area contributed by atoms with E-state index in [2.05, 4.69) is 32.6 Å². The fourth-order valence-corrected chi connectivity index (χ4v) is 12.6. The fraction of sp³-hybridized carbons (Fsp3) is 0.273. The molecule has 0 aliphatic carbocycles. The quantitative estimate of drug-likeness (QED) is 0.0735. The van der Waals surface area contributed by atoms with Crippen LogP contribution in [0.4, 0.5) is 4.39 Å². The number of rotatable bonds is 13. The number of hydrogen-bond acceptors (Lipinski definition) is 5. The van der Waals surface area contributed by atoms with Gasteiger partial charge in [-0.05, 0) is 57.6 Å². The van der Waals surface area contributed by atoms with Gasteiger partial charge in [-0.15, -0.1) is 0 Å². The van der Waals surface area contributed by atoms with Crippen LogP contribution in [0.25, 0.3) is 22.4 Å². The van der Waals surface area contributed by atoms with Gasteiger partial charge in [0.1, 0.15) is 12.4 Å². The molecule has 0 radical (unpaired) electrons. The van der Waals surface area contributed by atoms with Crippen LogP contribution in [-0.4, -0.2) is 43.2 Å². The minimum atomic E-state index is -3.12. The zero-order valence-electron chi connectivity index (χ0n) is 31.2. The van der Waals surface area contributed by atoms with Crippen molar-refractivity contribution in [3.05, 3.63) is 138 Å². The number of aryl methyl sites for hydroxylation is 1. The van der Waals surface area contributed by atoms with E-state index in [4.69, 9.17) is 13.9 Å². The number of nitrogens with zero attached hydrogens (tertiary/aromatic N) is 1. The Kier molecular flexibility index (Phi) is 13.0. The van der Waals surface area contributed by atoms with E-state index in [-0.39, 0.29) is 30.9 Å². The van der Waals surface area contributed by atoms with Gasteiger partial charge >= 0.3 is 5.97 Å². The minimum Gasteiger partial charge on any atom is -0.481 e. The maximum absolute atomic E-state index is 14.2. The van der Waals surface area contributed by atoms with Crippen LogP contribution < -0.4 is 10.4 Å². The van der Waals surface area contributed by atoms with E-state index in [0.717, 1.165) is 44.0 Å². The summed E-state index contributed by atoms with van der Waals surface area (Å²) in [4.78, 5) is 17.2. The SMILES string of the molecule is Cc1cc(F)ccc1-c1cc(-c2ccccc2)nc(C(C)C)c1C#CCO[PH](=O)CC(CC(=O)O)O[Si](c1ccccc1)(c1ccccc1)C(C)(C)C. The molecule has 53 heavy (non-hydrogen) atoms. The van der Waals surface area contributed by atoms with Gasteiger partial charge < -0.3 is 14.1 Å². The number of halogens is 1. The second-order valence-corrected chi connectivity index (χ2v) is 20.2. The lowest BCUT2D eigenvalue weighted by atomic mass is 9.91. The molecule has 4 aromatic carbocycles. The Morgan fingerprint density at radius 2 is 1.47 bits per heavy atom. The van der Waals surface area contributed by atoms with Gasteiger partial charge in [0.05, 0.1) is 29.5 Å². The molecule has 2 atom stereocenters. The first-order chi connectivity index (χ1) is 25.3. The number of carbonyl (C=O) groups is 1. The predicted molar refractivity (Wildman–Crippen MR) is 215 cm³/mol. The summed E-state index contributed by atoms with van der Waals surface area (Å²) in [5.41, 5.74) is 5.63. The highest BCUT2D eigenvalue weighted by Gasteiger charge is 2.51. The molecule has 0 bridgehead atoms. The van der Waals surface area contributed by atoms with Crippen LogP contribution in [0.15, 0.2) is 115 Å². The van der Waals surface area contributed by atoms with Crippen molar-refractivity contribution >= 4 is 32.7 Å². The molecule has 1 N–H and O–H groups in total. The number of benzene rings is 4. The smallest absolute Gasteiger partial charge is 0.305 e. The van der Waals surface area contributed by atoms with Crippen molar-refractivity contribution in [2.45, 2.75) is 65.0 Å².